The Labute approximate surface area is 222 Å². The number of para-hydroxylation sites is 1. The third kappa shape index (κ3) is 7.07. The average molecular weight is 545 g/mol. The molecular weight excluding hydrogens is 519 g/mol. The zero-order valence-corrected chi connectivity index (χ0v) is 21.8. The van der Waals surface area contributed by atoms with Gasteiger partial charge in [0.25, 0.3) is 0 Å². The summed E-state index contributed by atoms with van der Waals surface area (Å²) in [4.78, 5) is 17.5. The molecule has 10 heteroatoms. The van der Waals surface area contributed by atoms with Crippen molar-refractivity contribution in [3.63, 3.8) is 0 Å². The molecule has 3 aromatic carbocycles. The summed E-state index contributed by atoms with van der Waals surface area (Å²) in [7, 11) is -2.53. The van der Waals surface area contributed by atoms with E-state index in [0.717, 1.165) is 16.8 Å². The van der Waals surface area contributed by atoms with Crippen LogP contribution in [0.1, 0.15) is 11.1 Å². The number of halogens is 2. The van der Waals surface area contributed by atoms with Gasteiger partial charge < -0.3 is 15.1 Å². The molecule has 0 bridgehead atoms. The molecule has 0 aromatic heterocycles. The van der Waals surface area contributed by atoms with Gasteiger partial charge >= 0.3 is 10.5 Å². The maximum absolute atomic E-state index is 13.6. The molecule has 3 aromatic rings. The topological polar surface area (TPSA) is 82.1 Å². The minimum Gasteiger partial charge on any atom is -0.366 e. The Morgan fingerprint density at radius 3 is 2.06 bits per heavy atom. The van der Waals surface area contributed by atoms with Crippen LogP contribution in [0.2, 0.25) is 10.0 Å². The molecule has 0 spiro atoms. The van der Waals surface area contributed by atoms with Crippen LogP contribution in [0.15, 0.2) is 77.2 Å². The van der Waals surface area contributed by atoms with E-state index in [0.29, 0.717) is 54.9 Å². The maximum Gasteiger partial charge on any atom is 0.316 e. The number of rotatable bonds is 8. The van der Waals surface area contributed by atoms with Crippen LogP contribution in [0.25, 0.3) is 0 Å². The molecule has 0 aliphatic carbocycles. The van der Waals surface area contributed by atoms with Crippen molar-refractivity contribution in [2.45, 2.75) is 19.0 Å². The van der Waals surface area contributed by atoms with Crippen molar-refractivity contribution in [1.29, 1.82) is 0 Å². The Kier molecular flexibility index (Phi) is 8.98. The summed E-state index contributed by atoms with van der Waals surface area (Å²) < 4.78 is 25.9. The highest BCUT2D eigenvalue weighted by molar-refractivity contribution is 7.61. The second-order valence-corrected chi connectivity index (χ2v) is 9.99. The Morgan fingerprint density at radius 2 is 1.44 bits per heavy atom. The zero-order chi connectivity index (χ0) is 25.5. The third-order valence-corrected chi connectivity index (χ3v) is 6.95. The highest BCUT2D eigenvalue weighted by Gasteiger charge is 2.28. The summed E-state index contributed by atoms with van der Waals surface area (Å²) in [6.07, 6.45) is 0.529. The first-order valence-electron chi connectivity index (χ1n) is 11.6. The number of carbonyl (C=O) groups excluding carboxylic acids is 1. The molecule has 1 amide bonds. The van der Waals surface area contributed by atoms with Gasteiger partial charge in [0.1, 0.15) is 5.69 Å². The fraction of sp³-hybridized carbons (Fsp3) is 0.269. The summed E-state index contributed by atoms with van der Waals surface area (Å²) in [6, 6.07) is 21.8. The van der Waals surface area contributed by atoms with Crippen LogP contribution in [0.3, 0.4) is 0 Å². The molecule has 36 heavy (non-hydrogen) atoms. The molecule has 1 N–H and O–H groups in total. The lowest BCUT2D eigenvalue weighted by atomic mass is 10.0. The molecule has 7 nitrogen and oxygen atoms in total. The molecular formula is C26H26Cl2N4O3S. The Hall–Kier alpha value is -2.91. The quantitative estimate of drug-likeness (QED) is 0.443. The van der Waals surface area contributed by atoms with Gasteiger partial charge in [-0.15, -0.1) is 4.36 Å². The number of benzene rings is 3. The largest absolute Gasteiger partial charge is 0.366 e. The highest BCUT2D eigenvalue weighted by Crippen LogP contribution is 2.29. The molecule has 188 valence electrons. The number of hydrogen-bond donors (Lipinski definition) is 1. The van der Waals surface area contributed by atoms with Crippen molar-refractivity contribution in [2.24, 2.45) is 4.36 Å². The van der Waals surface area contributed by atoms with E-state index in [1.165, 1.54) is 0 Å². The first kappa shape index (κ1) is 26.2. The van der Waals surface area contributed by atoms with Gasteiger partial charge in [-0.2, -0.15) is 8.42 Å². The number of piperazine rings is 1. The van der Waals surface area contributed by atoms with Crippen LogP contribution in [0.5, 0.6) is 0 Å². The molecule has 1 aliphatic rings. The number of anilines is 1. The van der Waals surface area contributed by atoms with Crippen molar-refractivity contribution >= 4 is 51.0 Å². The predicted octanol–water partition coefficient (Wildman–Crippen LogP) is 4.74. The van der Waals surface area contributed by atoms with Crippen molar-refractivity contribution in [1.82, 2.24) is 10.2 Å². The van der Waals surface area contributed by atoms with E-state index >= 15 is 0 Å². The summed E-state index contributed by atoms with van der Waals surface area (Å²) >= 11 is 12.0. The first-order valence-corrected chi connectivity index (χ1v) is 13.3. The number of carbonyl (C=O) groups is 1. The van der Waals surface area contributed by atoms with E-state index in [2.05, 4.69) is 14.6 Å². The third-order valence-electron chi connectivity index (χ3n) is 6.10. The zero-order valence-electron chi connectivity index (χ0n) is 19.5. The van der Waals surface area contributed by atoms with Crippen LogP contribution in [0.4, 0.5) is 11.4 Å². The Balaban J connectivity index is 1.45. The number of nitrogens with one attached hydrogen (secondary N) is 1. The van der Waals surface area contributed by atoms with Crippen molar-refractivity contribution in [2.75, 3.05) is 31.1 Å². The molecule has 1 atom stereocenters. The lowest BCUT2D eigenvalue weighted by Crippen LogP contribution is -2.54. The second kappa shape index (κ2) is 12.4. The fourth-order valence-electron chi connectivity index (χ4n) is 4.22. The second-order valence-electron chi connectivity index (χ2n) is 8.50. The molecule has 1 saturated heterocycles. The molecule has 4 rings (SSSR count). The minimum absolute atomic E-state index is 0.0252. The standard InChI is InChI=1S/C26H26Cl2N4O3S/c27-21-9-5-19(6-10-21)17-24(29-18-20-7-11-22(28)12-8-20)26(33)32-15-13-31(14-16-32)25-4-2-1-3-23(25)30-36(34)35/h1-12,24,29H,13-18H2. The highest BCUT2D eigenvalue weighted by atomic mass is 35.5. The number of amides is 1. The molecule has 1 aliphatic heterocycles. The van der Waals surface area contributed by atoms with Gasteiger partial charge in [-0.25, -0.2) is 0 Å². The van der Waals surface area contributed by atoms with E-state index in [1.807, 2.05) is 65.6 Å². The van der Waals surface area contributed by atoms with Gasteiger partial charge in [0, 0.05) is 42.8 Å². The normalized spacial score (nSPS) is 14.4. The fourth-order valence-corrected chi connectivity index (χ4v) is 4.79. The number of hydrogen-bond acceptors (Lipinski definition) is 6. The van der Waals surface area contributed by atoms with E-state index in [1.54, 1.807) is 12.1 Å². The van der Waals surface area contributed by atoms with Crippen molar-refractivity contribution in [3.05, 3.63) is 94.0 Å². The van der Waals surface area contributed by atoms with Gasteiger partial charge in [0.15, 0.2) is 0 Å². The summed E-state index contributed by atoms with van der Waals surface area (Å²) in [5, 5.41) is 4.75. The summed E-state index contributed by atoms with van der Waals surface area (Å²) in [5.74, 6) is 0.0252. The molecule has 0 saturated carbocycles. The van der Waals surface area contributed by atoms with Crippen molar-refractivity contribution in [3.8, 4) is 0 Å². The van der Waals surface area contributed by atoms with E-state index in [9.17, 15) is 13.2 Å². The van der Waals surface area contributed by atoms with Crippen molar-refractivity contribution < 1.29 is 13.2 Å². The Bertz CT molecular complexity index is 1320. The lowest BCUT2D eigenvalue weighted by Gasteiger charge is -2.38. The smallest absolute Gasteiger partial charge is 0.316 e. The van der Waals surface area contributed by atoms with Crippen LogP contribution in [0, 0.1) is 0 Å². The monoisotopic (exact) mass is 544 g/mol. The van der Waals surface area contributed by atoms with Crippen LogP contribution in [-0.4, -0.2) is 51.4 Å². The summed E-state index contributed by atoms with van der Waals surface area (Å²) in [6.45, 7) is 2.73. The molecule has 1 heterocycles. The van der Waals surface area contributed by atoms with E-state index in [-0.39, 0.29) is 5.91 Å². The van der Waals surface area contributed by atoms with E-state index in [4.69, 9.17) is 23.2 Å². The minimum atomic E-state index is -2.53. The average Bonchev–Trinajstić information content (AvgIpc) is 2.88. The Morgan fingerprint density at radius 1 is 0.861 bits per heavy atom. The first-order chi connectivity index (χ1) is 17.4. The molecule has 0 radical (unpaired) electrons. The molecule has 1 unspecified atom stereocenters. The van der Waals surface area contributed by atoms with Gasteiger partial charge in [-0.1, -0.05) is 59.6 Å². The molecule has 1 fully saturated rings. The van der Waals surface area contributed by atoms with Gasteiger partial charge in [0.05, 0.1) is 11.7 Å². The van der Waals surface area contributed by atoms with Crippen LogP contribution in [-0.2, 0) is 28.3 Å². The van der Waals surface area contributed by atoms with Gasteiger partial charge in [-0.05, 0) is 53.9 Å². The van der Waals surface area contributed by atoms with E-state index < -0.39 is 16.5 Å². The maximum atomic E-state index is 13.6. The lowest BCUT2D eigenvalue weighted by molar-refractivity contribution is -0.133. The summed E-state index contributed by atoms with van der Waals surface area (Å²) in [5.41, 5.74) is 3.19. The SMILES string of the molecule is O=C(C(Cc1ccc(Cl)cc1)NCc1ccc(Cl)cc1)N1CCN(c2ccccc2N=S(=O)=O)CC1. The van der Waals surface area contributed by atoms with Crippen LogP contribution < -0.4 is 10.2 Å². The predicted molar refractivity (Wildman–Crippen MR) is 143 cm³/mol. The van der Waals surface area contributed by atoms with Crippen LogP contribution >= 0.6 is 23.2 Å². The van der Waals surface area contributed by atoms with Gasteiger partial charge in [0.2, 0.25) is 5.91 Å². The number of nitrogens with zero attached hydrogens (tertiary/aromatic N) is 3. The van der Waals surface area contributed by atoms with Gasteiger partial charge in [-0.3, -0.25) is 4.79 Å².